The number of hydrogen-bond donors (Lipinski definition) is 1. The van der Waals surface area contributed by atoms with Crippen LogP contribution in [0.1, 0.15) is 16.7 Å². The molecule has 28 heavy (non-hydrogen) atoms. The van der Waals surface area contributed by atoms with E-state index in [1.165, 1.54) is 11.1 Å². The Labute approximate surface area is 165 Å². The van der Waals surface area contributed by atoms with Crippen molar-refractivity contribution in [3.05, 3.63) is 65.2 Å². The summed E-state index contributed by atoms with van der Waals surface area (Å²) in [6, 6.07) is 17.0. The Bertz CT molecular complexity index is 1030. The molecule has 1 aliphatic heterocycles. The summed E-state index contributed by atoms with van der Waals surface area (Å²) in [4.78, 5) is 18.8. The summed E-state index contributed by atoms with van der Waals surface area (Å²) in [5, 5.41) is 1.12. The molecule has 1 amide bonds. The largest absolute Gasteiger partial charge is 0.367 e. The van der Waals surface area contributed by atoms with Gasteiger partial charge < -0.3 is 10.5 Å². The molecule has 0 saturated carbocycles. The van der Waals surface area contributed by atoms with E-state index in [-0.39, 0.29) is 0 Å². The lowest BCUT2D eigenvalue weighted by Crippen LogP contribution is -2.47. The molecule has 1 aromatic heterocycles. The molecule has 0 aliphatic carbocycles. The maximum Gasteiger partial charge on any atom is 0.247 e. The quantitative estimate of drug-likeness (QED) is 0.760. The molecule has 1 aliphatic rings. The Morgan fingerprint density at radius 1 is 1.18 bits per heavy atom. The van der Waals surface area contributed by atoms with Gasteiger partial charge in [-0.2, -0.15) is 0 Å². The van der Waals surface area contributed by atoms with E-state index in [9.17, 15) is 4.79 Å². The Balaban J connectivity index is 1.76. The van der Waals surface area contributed by atoms with Crippen molar-refractivity contribution < 1.29 is 9.53 Å². The van der Waals surface area contributed by atoms with Crippen molar-refractivity contribution in [1.29, 1.82) is 0 Å². The molecular formula is C23H25N3O2. The van der Waals surface area contributed by atoms with Crippen LogP contribution in [-0.2, 0) is 16.1 Å². The summed E-state index contributed by atoms with van der Waals surface area (Å²) in [7, 11) is 0. The first kappa shape index (κ1) is 18.6. The van der Waals surface area contributed by atoms with Gasteiger partial charge in [-0.3, -0.25) is 9.69 Å². The topological polar surface area (TPSA) is 68.5 Å². The van der Waals surface area contributed by atoms with Crippen LogP contribution in [0.4, 0.5) is 0 Å². The minimum Gasteiger partial charge on any atom is -0.367 e. The van der Waals surface area contributed by atoms with Gasteiger partial charge in [0.2, 0.25) is 5.91 Å². The third kappa shape index (κ3) is 3.91. The lowest BCUT2D eigenvalue weighted by molar-refractivity contribution is -0.135. The van der Waals surface area contributed by atoms with Crippen LogP contribution < -0.4 is 5.73 Å². The summed E-state index contributed by atoms with van der Waals surface area (Å²) in [5.74, 6) is -0.407. The van der Waals surface area contributed by atoms with E-state index in [2.05, 4.69) is 67.3 Å². The zero-order chi connectivity index (χ0) is 19.7. The Kier molecular flexibility index (Phi) is 5.11. The lowest BCUT2D eigenvalue weighted by atomic mass is 10.0. The molecule has 5 nitrogen and oxygen atoms in total. The summed E-state index contributed by atoms with van der Waals surface area (Å²) in [6.07, 6.45) is -0.549. The number of carbonyl (C=O) groups excluding carboxylic acids is 1. The van der Waals surface area contributed by atoms with Crippen LogP contribution in [0.2, 0.25) is 0 Å². The number of morpholine rings is 1. The maximum atomic E-state index is 11.5. The van der Waals surface area contributed by atoms with E-state index in [1.807, 2.05) is 0 Å². The predicted molar refractivity (Wildman–Crippen MR) is 111 cm³/mol. The van der Waals surface area contributed by atoms with Crippen molar-refractivity contribution >= 4 is 16.8 Å². The molecule has 1 saturated heterocycles. The number of hydrogen-bond acceptors (Lipinski definition) is 4. The number of benzene rings is 2. The second-order valence-corrected chi connectivity index (χ2v) is 7.56. The first-order valence-corrected chi connectivity index (χ1v) is 9.60. The molecule has 2 N–H and O–H groups in total. The second-order valence-electron chi connectivity index (χ2n) is 7.56. The summed E-state index contributed by atoms with van der Waals surface area (Å²) in [6.45, 7) is 6.66. The number of carbonyl (C=O) groups is 1. The number of nitrogens with zero attached hydrogens (tertiary/aromatic N) is 2. The Morgan fingerprint density at radius 3 is 2.79 bits per heavy atom. The van der Waals surface area contributed by atoms with Crippen LogP contribution in [0.25, 0.3) is 22.2 Å². The van der Waals surface area contributed by atoms with Crippen LogP contribution in [-0.4, -0.2) is 41.6 Å². The third-order valence-electron chi connectivity index (χ3n) is 5.21. The molecular weight excluding hydrogens is 350 g/mol. The average Bonchev–Trinajstić information content (AvgIpc) is 2.68. The van der Waals surface area contributed by atoms with Crippen LogP contribution >= 0.6 is 0 Å². The molecule has 0 unspecified atom stereocenters. The van der Waals surface area contributed by atoms with Crippen LogP contribution in [0, 0.1) is 13.8 Å². The number of nitrogens with two attached hydrogens (primary N) is 1. The first-order chi connectivity index (χ1) is 13.5. The number of aryl methyl sites for hydroxylation is 2. The molecule has 144 valence electrons. The highest BCUT2D eigenvalue weighted by molar-refractivity contribution is 5.84. The molecule has 2 heterocycles. The number of fused-ring (bicyclic) bond motifs is 1. The first-order valence-electron chi connectivity index (χ1n) is 9.60. The fourth-order valence-corrected chi connectivity index (χ4v) is 3.74. The molecule has 2 aromatic carbocycles. The number of amides is 1. The van der Waals surface area contributed by atoms with Gasteiger partial charge in [0.05, 0.1) is 17.8 Å². The van der Waals surface area contributed by atoms with Gasteiger partial charge in [0, 0.05) is 30.6 Å². The van der Waals surface area contributed by atoms with Gasteiger partial charge in [-0.15, -0.1) is 0 Å². The van der Waals surface area contributed by atoms with Gasteiger partial charge in [0.25, 0.3) is 0 Å². The van der Waals surface area contributed by atoms with E-state index in [4.69, 9.17) is 15.5 Å². The van der Waals surface area contributed by atoms with Crippen molar-refractivity contribution in [3.63, 3.8) is 0 Å². The Hall–Kier alpha value is -2.76. The number of primary amides is 1. The van der Waals surface area contributed by atoms with E-state index in [0.717, 1.165) is 34.3 Å². The third-order valence-corrected chi connectivity index (χ3v) is 5.21. The van der Waals surface area contributed by atoms with Crippen molar-refractivity contribution in [1.82, 2.24) is 9.88 Å². The molecule has 0 spiro atoms. The van der Waals surface area contributed by atoms with E-state index < -0.39 is 12.0 Å². The molecule has 0 bridgehead atoms. The SMILES string of the molecule is Cc1cccc(-c2nc3cc(C)ccc3cc2CN2CCO[C@@H](C(N)=O)C2)c1. The zero-order valence-electron chi connectivity index (χ0n) is 16.3. The molecule has 5 heteroatoms. The average molecular weight is 375 g/mol. The fraction of sp³-hybridized carbons (Fsp3) is 0.304. The van der Waals surface area contributed by atoms with Crippen molar-refractivity contribution in [3.8, 4) is 11.3 Å². The van der Waals surface area contributed by atoms with Gasteiger partial charge in [0.1, 0.15) is 6.10 Å². The van der Waals surface area contributed by atoms with E-state index in [0.29, 0.717) is 19.7 Å². The van der Waals surface area contributed by atoms with Crippen molar-refractivity contribution in [2.45, 2.75) is 26.5 Å². The molecule has 1 atom stereocenters. The van der Waals surface area contributed by atoms with Crippen LogP contribution in [0.5, 0.6) is 0 Å². The number of rotatable bonds is 4. The molecule has 4 rings (SSSR count). The molecule has 0 radical (unpaired) electrons. The van der Waals surface area contributed by atoms with E-state index >= 15 is 0 Å². The van der Waals surface area contributed by atoms with Gasteiger partial charge in [-0.1, -0.05) is 35.9 Å². The van der Waals surface area contributed by atoms with Gasteiger partial charge in [0.15, 0.2) is 0 Å². The summed E-state index contributed by atoms with van der Waals surface area (Å²) >= 11 is 0. The van der Waals surface area contributed by atoms with Gasteiger partial charge >= 0.3 is 0 Å². The van der Waals surface area contributed by atoms with Crippen molar-refractivity contribution in [2.24, 2.45) is 5.73 Å². The number of ether oxygens (including phenoxy) is 1. The van der Waals surface area contributed by atoms with Gasteiger partial charge in [-0.05, 0) is 43.2 Å². The maximum absolute atomic E-state index is 11.5. The number of pyridine rings is 1. The fourth-order valence-electron chi connectivity index (χ4n) is 3.74. The van der Waals surface area contributed by atoms with Crippen molar-refractivity contribution in [2.75, 3.05) is 19.7 Å². The predicted octanol–water partition coefficient (Wildman–Crippen LogP) is 3.20. The highest BCUT2D eigenvalue weighted by Crippen LogP contribution is 2.28. The zero-order valence-corrected chi connectivity index (χ0v) is 16.3. The van der Waals surface area contributed by atoms with Gasteiger partial charge in [-0.25, -0.2) is 4.98 Å². The normalized spacial score (nSPS) is 17.7. The van der Waals surface area contributed by atoms with E-state index in [1.54, 1.807) is 0 Å². The minimum atomic E-state index is -0.549. The second kappa shape index (κ2) is 7.70. The molecule has 3 aromatic rings. The number of aromatic nitrogens is 1. The lowest BCUT2D eigenvalue weighted by Gasteiger charge is -2.31. The standard InChI is InChI=1S/C23H25N3O2/c1-15-4-3-5-18(10-15)22-19(12-17-7-6-16(2)11-20(17)25-22)13-26-8-9-28-21(14-26)23(24)27/h3-7,10-12,21H,8-9,13-14H2,1-2H3,(H2,24,27)/t21-/m1/s1. The highest BCUT2D eigenvalue weighted by Gasteiger charge is 2.25. The monoisotopic (exact) mass is 375 g/mol. The molecule has 1 fully saturated rings. The summed E-state index contributed by atoms with van der Waals surface area (Å²) < 4.78 is 5.49. The van der Waals surface area contributed by atoms with Crippen LogP contribution in [0.15, 0.2) is 48.5 Å². The van der Waals surface area contributed by atoms with Crippen LogP contribution in [0.3, 0.4) is 0 Å². The Morgan fingerprint density at radius 2 is 2.00 bits per heavy atom. The highest BCUT2D eigenvalue weighted by atomic mass is 16.5. The summed E-state index contributed by atoms with van der Waals surface area (Å²) in [5.41, 5.74) is 12.1. The minimum absolute atomic E-state index is 0.407. The smallest absolute Gasteiger partial charge is 0.247 e.